The number of alkyl halides is 1. The van der Waals surface area contributed by atoms with Gasteiger partial charge >= 0.3 is 0 Å². The maximum absolute atomic E-state index is 3.28. The minimum absolute atomic E-state index is 0.663. The summed E-state index contributed by atoms with van der Waals surface area (Å²) in [4.78, 5) is 2.33. The number of rotatable bonds is 5. The molecule has 0 aromatic carbocycles. The molecule has 0 fully saturated rings. The molecular weight excluding hydrogens is 239 g/mol. The summed E-state index contributed by atoms with van der Waals surface area (Å²) in [7, 11) is 2.15. The van der Waals surface area contributed by atoms with Gasteiger partial charge in [-0.15, -0.1) is 0 Å². The summed E-state index contributed by atoms with van der Waals surface area (Å²) in [6.07, 6.45) is 0. The van der Waals surface area contributed by atoms with Crippen molar-refractivity contribution in [3.63, 3.8) is 0 Å². The van der Waals surface area contributed by atoms with Gasteiger partial charge in [-0.05, 0) is 20.9 Å². The molecule has 0 atom stereocenters. The molecule has 0 rings (SSSR count). The normalized spacial score (nSPS) is 11.4. The van der Waals surface area contributed by atoms with E-state index in [1.807, 2.05) is 0 Å². The molecule has 10 heavy (non-hydrogen) atoms. The molecule has 0 saturated carbocycles. The van der Waals surface area contributed by atoms with E-state index in [0.29, 0.717) is 6.04 Å². The molecule has 2 nitrogen and oxygen atoms in total. The molecular formula is C7H17IN2. The smallest absolute Gasteiger partial charge is 0.0480 e. The van der Waals surface area contributed by atoms with Crippen LogP contribution in [-0.2, 0) is 0 Å². The molecule has 1 N–H and O–H groups in total. The first-order valence-corrected chi connectivity index (χ1v) is 5.18. The summed E-state index contributed by atoms with van der Waals surface area (Å²) in [6.45, 7) is 6.66. The van der Waals surface area contributed by atoms with E-state index in [1.165, 1.54) is 0 Å². The molecule has 0 aliphatic rings. The van der Waals surface area contributed by atoms with Crippen LogP contribution in [0.3, 0.4) is 0 Å². The number of halogens is 1. The molecule has 0 aromatic heterocycles. The highest BCUT2D eigenvalue weighted by atomic mass is 127. The molecule has 0 heterocycles. The van der Waals surface area contributed by atoms with Crippen LogP contribution in [0.25, 0.3) is 0 Å². The lowest BCUT2D eigenvalue weighted by atomic mass is 10.3. The lowest BCUT2D eigenvalue weighted by Crippen LogP contribution is -2.33. The first-order valence-electron chi connectivity index (χ1n) is 3.65. The minimum Gasteiger partial charge on any atom is -0.307 e. The van der Waals surface area contributed by atoms with Crippen molar-refractivity contribution >= 4 is 22.6 Å². The van der Waals surface area contributed by atoms with Gasteiger partial charge in [0.1, 0.15) is 0 Å². The average Bonchev–Trinajstić information content (AvgIpc) is 1.88. The Bertz CT molecular complexity index is 76.0. The summed E-state index contributed by atoms with van der Waals surface area (Å²) in [5.41, 5.74) is 0. The Kier molecular flexibility index (Phi) is 6.78. The average molecular weight is 256 g/mol. The van der Waals surface area contributed by atoms with Gasteiger partial charge in [0.15, 0.2) is 0 Å². The summed E-state index contributed by atoms with van der Waals surface area (Å²) >= 11 is 2.32. The largest absolute Gasteiger partial charge is 0.307 e. The predicted octanol–water partition coefficient (Wildman–Crippen LogP) is 1.31. The fraction of sp³-hybridized carbons (Fsp3) is 1.00. The van der Waals surface area contributed by atoms with E-state index in [0.717, 1.165) is 17.6 Å². The molecule has 0 amide bonds. The first kappa shape index (κ1) is 10.7. The fourth-order valence-corrected chi connectivity index (χ4v) is 0.962. The Morgan fingerprint density at radius 3 is 2.50 bits per heavy atom. The lowest BCUT2D eigenvalue weighted by molar-refractivity contribution is 0.275. The zero-order chi connectivity index (χ0) is 7.98. The van der Waals surface area contributed by atoms with E-state index in [4.69, 9.17) is 0 Å². The van der Waals surface area contributed by atoms with Crippen LogP contribution in [0.1, 0.15) is 13.8 Å². The molecule has 3 heteroatoms. The van der Waals surface area contributed by atoms with Crippen molar-refractivity contribution in [2.75, 3.05) is 24.7 Å². The molecule has 62 valence electrons. The Hall–Kier alpha value is 0.650. The van der Waals surface area contributed by atoms with E-state index < -0.39 is 0 Å². The first-order chi connectivity index (χ1) is 4.68. The molecule has 0 saturated heterocycles. The zero-order valence-corrected chi connectivity index (χ0v) is 9.18. The van der Waals surface area contributed by atoms with Crippen molar-refractivity contribution in [3.8, 4) is 0 Å². The van der Waals surface area contributed by atoms with E-state index in [1.54, 1.807) is 0 Å². The van der Waals surface area contributed by atoms with Crippen molar-refractivity contribution < 1.29 is 0 Å². The summed E-state index contributed by atoms with van der Waals surface area (Å²) in [5, 5.41) is 3.28. The van der Waals surface area contributed by atoms with Crippen LogP contribution in [-0.4, -0.2) is 35.6 Å². The monoisotopic (exact) mass is 256 g/mol. The van der Waals surface area contributed by atoms with Crippen molar-refractivity contribution in [2.24, 2.45) is 0 Å². The number of hydrogen-bond donors (Lipinski definition) is 1. The lowest BCUT2D eigenvalue weighted by Gasteiger charge is -2.20. The molecule has 0 aliphatic carbocycles. The molecule has 0 bridgehead atoms. The molecule has 0 aromatic rings. The third-order valence-electron chi connectivity index (χ3n) is 1.62. The van der Waals surface area contributed by atoms with Gasteiger partial charge in [-0.1, -0.05) is 22.6 Å². The van der Waals surface area contributed by atoms with Gasteiger partial charge in [-0.25, -0.2) is 0 Å². The Morgan fingerprint density at radius 2 is 2.10 bits per heavy atom. The summed E-state index contributed by atoms with van der Waals surface area (Å²) in [6, 6.07) is 0.663. The zero-order valence-electron chi connectivity index (χ0n) is 7.02. The topological polar surface area (TPSA) is 15.3 Å². The number of hydrogen-bond acceptors (Lipinski definition) is 2. The van der Waals surface area contributed by atoms with E-state index in [9.17, 15) is 0 Å². The molecule has 0 spiro atoms. The van der Waals surface area contributed by atoms with Crippen LogP contribution in [0.5, 0.6) is 0 Å². The maximum atomic E-state index is 3.28. The molecule has 0 unspecified atom stereocenters. The Morgan fingerprint density at radius 1 is 1.50 bits per heavy atom. The maximum Gasteiger partial charge on any atom is 0.0480 e. The van der Waals surface area contributed by atoms with Crippen molar-refractivity contribution in [1.29, 1.82) is 0 Å². The standard InChI is InChI=1S/C7H17IN2/c1-7(2)10(3)5-4-9-6-8/h7,9H,4-6H2,1-3H3. The van der Waals surface area contributed by atoms with E-state index in [-0.39, 0.29) is 0 Å². The molecule has 0 radical (unpaired) electrons. The quantitative estimate of drug-likeness (QED) is 0.345. The highest BCUT2D eigenvalue weighted by molar-refractivity contribution is 14.1. The van der Waals surface area contributed by atoms with Crippen LogP contribution < -0.4 is 5.32 Å². The van der Waals surface area contributed by atoms with Crippen LogP contribution in [0, 0.1) is 0 Å². The highest BCUT2D eigenvalue weighted by Crippen LogP contribution is 1.90. The van der Waals surface area contributed by atoms with Crippen molar-refractivity contribution in [2.45, 2.75) is 19.9 Å². The van der Waals surface area contributed by atoms with E-state index >= 15 is 0 Å². The Balaban J connectivity index is 3.13. The van der Waals surface area contributed by atoms with Gasteiger partial charge in [-0.2, -0.15) is 0 Å². The summed E-state index contributed by atoms with van der Waals surface area (Å²) < 4.78 is 1.05. The number of nitrogens with zero attached hydrogens (tertiary/aromatic N) is 1. The number of nitrogens with one attached hydrogen (secondary N) is 1. The predicted molar refractivity (Wildman–Crippen MR) is 54.7 cm³/mol. The molecule has 0 aliphatic heterocycles. The van der Waals surface area contributed by atoms with Gasteiger partial charge < -0.3 is 10.2 Å². The van der Waals surface area contributed by atoms with Gasteiger partial charge in [0.2, 0.25) is 0 Å². The second-order valence-corrected chi connectivity index (χ2v) is 3.47. The summed E-state index contributed by atoms with van der Waals surface area (Å²) in [5.74, 6) is 0. The van der Waals surface area contributed by atoms with Gasteiger partial charge in [0.25, 0.3) is 0 Å². The van der Waals surface area contributed by atoms with Gasteiger partial charge in [0.05, 0.1) is 0 Å². The number of likely N-dealkylation sites (N-methyl/N-ethyl adjacent to an activating group) is 1. The van der Waals surface area contributed by atoms with Crippen LogP contribution in [0.2, 0.25) is 0 Å². The highest BCUT2D eigenvalue weighted by Gasteiger charge is 2.00. The third kappa shape index (κ3) is 5.44. The Labute approximate surface area is 77.5 Å². The third-order valence-corrected chi connectivity index (χ3v) is 2.16. The van der Waals surface area contributed by atoms with Gasteiger partial charge in [-0.3, -0.25) is 0 Å². The fourth-order valence-electron chi connectivity index (χ4n) is 0.580. The minimum atomic E-state index is 0.663. The van der Waals surface area contributed by atoms with Gasteiger partial charge in [0, 0.05) is 23.7 Å². The van der Waals surface area contributed by atoms with Crippen LogP contribution in [0.4, 0.5) is 0 Å². The second-order valence-electron chi connectivity index (χ2n) is 2.71. The second kappa shape index (κ2) is 6.37. The van der Waals surface area contributed by atoms with E-state index in [2.05, 4.69) is 53.7 Å². The van der Waals surface area contributed by atoms with Crippen molar-refractivity contribution in [1.82, 2.24) is 10.2 Å². The van der Waals surface area contributed by atoms with Crippen molar-refractivity contribution in [3.05, 3.63) is 0 Å². The van der Waals surface area contributed by atoms with Crippen LogP contribution in [0.15, 0.2) is 0 Å². The van der Waals surface area contributed by atoms with Crippen LogP contribution >= 0.6 is 22.6 Å². The SMILES string of the molecule is CC(C)N(C)CCNCI.